The van der Waals surface area contributed by atoms with Crippen LogP contribution in [0.25, 0.3) is 0 Å². The Morgan fingerprint density at radius 3 is 2.58 bits per heavy atom. The van der Waals surface area contributed by atoms with Crippen LogP contribution in [0.4, 0.5) is 5.69 Å². The highest BCUT2D eigenvalue weighted by molar-refractivity contribution is 7.80. The van der Waals surface area contributed by atoms with Gasteiger partial charge in [-0.3, -0.25) is 0 Å². The zero-order valence-corrected chi connectivity index (χ0v) is 13.5. The van der Waals surface area contributed by atoms with Crippen LogP contribution in [0.2, 0.25) is 5.02 Å². The average molecular weight is 299 g/mol. The van der Waals surface area contributed by atoms with Gasteiger partial charge in [0.1, 0.15) is 4.99 Å². The third-order valence-electron chi connectivity index (χ3n) is 3.17. The summed E-state index contributed by atoms with van der Waals surface area (Å²) in [5.41, 5.74) is 7.67. The van der Waals surface area contributed by atoms with Gasteiger partial charge < -0.3 is 10.6 Å². The van der Waals surface area contributed by atoms with Gasteiger partial charge in [-0.25, -0.2) is 0 Å². The van der Waals surface area contributed by atoms with Crippen molar-refractivity contribution in [2.45, 2.75) is 46.1 Å². The van der Waals surface area contributed by atoms with Crippen LogP contribution in [0.5, 0.6) is 0 Å². The highest BCUT2D eigenvalue weighted by atomic mass is 35.5. The second-order valence-corrected chi connectivity index (χ2v) is 5.84. The molecule has 0 atom stereocenters. The molecule has 0 spiro atoms. The summed E-state index contributed by atoms with van der Waals surface area (Å²) in [4.78, 5) is 2.69. The van der Waals surface area contributed by atoms with E-state index >= 15 is 0 Å². The van der Waals surface area contributed by atoms with Crippen molar-refractivity contribution < 1.29 is 0 Å². The summed E-state index contributed by atoms with van der Waals surface area (Å²) in [7, 11) is 0. The van der Waals surface area contributed by atoms with Gasteiger partial charge in [0.15, 0.2) is 0 Å². The Labute approximate surface area is 126 Å². The maximum absolute atomic E-state index is 6.24. The molecule has 0 aliphatic rings. The van der Waals surface area contributed by atoms with Crippen molar-refractivity contribution in [2.24, 2.45) is 5.73 Å². The van der Waals surface area contributed by atoms with E-state index in [4.69, 9.17) is 29.6 Å². The van der Waals surface area contributed by atoms with E-state index in [0.717, 1.165) is 24.2 Å². The lowest BCUT2D eigenvalue weighted by Gasteiger charge is -2.31. The minimum atomic E-state index is 0.363. The number of unbranched alkanes of at least 4 members (excludes halogenated alkanes) is 2. The van der Waals surface area contributed by atoms with Crippen molar-refractivity contribution in [3.63, 3.8) is 0 Å². The second kappa shape index (κ2) is 7.71. The van der Waals surface area contributed by atoms with Crippen LogP contribution in [0.15, 0.2) is 18.2 Å². The number of benzene rings is 1. The molecule has 0 bridgehead atoms. The van der Waals surface area contributed by atoms with Crippen molar-refractivity contribution in [1.82, 2.24) is 0 Å². The van der Waals surface area contributed by atoms with Gasteiger partial charge in [0.25, 0.3) is 0 Å². The Bertz CT molecular complexity index is 432. The fourth-order valence-corrected chi connectivity index (χ4v) is 2.73. The molecule has 0 amide bonds. The summed E-state index contributed by atoms with van der Waals surface area (Å²) in [6, 6.07) is 6.23. The molecular formula is C15H23ClN2S. The van der Waals surface area contributed by atoms with Gasteiger partial charge in [0.05, 0.1) is 10.6 Å². The standard InChI is InChI=1S/C15H23ClN2S/c1-4-5-6-10-18(11(2)3)13-9-7-8-12(16)14(13)15(17)19/h7-9,11H,4-6,10H2,1-3H3,(H2,17,19). The van der Waals surface area contributed by atoms with E-state index in [-0.39, 0.29) is 0 Å². The van der Waals surface area contributed by atoms with E-state index in [1.807, 2.05) is 18.2 Å². The molecule has 1 aromatic carbocycles. The quantitative estimate of drug-likeness (QED) is 0.598. The van der Waals surface area contributed by atoms with Crippen molar-refractivity contribution in [2.75, 3.05) is 11.4 Å². The van der Waals surface area contributed by atoms with E-state index < -0.39 is 0 Å². The second-order valence-electron chi connectivity index (χ2n) is 4.99. The summed E-state index contributed by atoms with van der Waals surface area (Å²) in [6.45, 7) is 7.56. The van der Waals surface area contributed by atoms with Gasteiger partial charge in [-0.2, -0.15) is 0 Å². The molecule has 0 fully saturated rings. The van der Waals surface area contributed by atoms with Crippen LogP contribution in [0.1, 0.15) is 45.6 Å². The number of anilines is 1. The lowest BCUT2D eigenvalue weighted by Crippen LogP contribution is -2.33. The number of nitrogens with zero attached hydrogens (tertiary/aromatic N) is 1. The molecule has 106 valence electrons. The lowest BCUT2D eigenvalue weighted by molar-refractivity contribution is 0.626. The van der Waals surface area contributed by atoms with Crippen molar-refractivity contribution in [3.8, 4) is 0 Å². The van der Waals surface area contributed by atoms with E-state index in [2.05, 4.69) is 25.7 Å². The van der Waals surface area contributed by atoms with Crippen molar-refractivity contribution in [3.05, 3.63) is 28.8 Å². The van der Waals surface area contributed by atoms with Gasteiger partial charge >= 0.3 is 0 Å². The van der Waals surface area contributed by atoms with Crippen LogP contribution in [-0.2, 0) is 0 Å². The Kier molecular flexibility index (Phi) is 6.59. The Balaban J connectivity index is 3.08. The number of thiocarbonyl (C=S) groups is 1. The maximum Gasteiger partial charge on any atom is 0.107 e. The number of halogens is 1. The predicted molar refractivity (Wildman–Crippen MR) is 89.3 cm³/mol. The topological polar surface area (TPSA) is 29.3 Å². The molecule has 0 saturated carbocycles. The smallest absolute Gasteiger partial charge is 0.107 e. The SMILES string of the molecule is CCCCCN(c1cccc(Cl)c1C(N)=S)C(C)C. The van der Waals surface area contributed by atoms with Gasteiger partial charge in [0, 0.05) is 18.3 Å². The monoisotopic (exact) mass is 298 g/mol. The number of rotatable bonds is 7. The molecule has 19 heavy (non-hydrogen) atoms. The Hall–Kier alpha value is -0.800. The zero-order chi connectivity index (χ0) is 14.4. The first-order chi connectivity index (χ1) is 8.99. The highest BCUT2D eigenvalue weighted by Crippen LogP contribution is 2.29. The van der Waals surface area contributed by atoms with Gasteiger partial charge in [-0.1, -0.05) is 49.7 Å². The predicted octanol–water partition coefficient (Wildman–Crippen LogP) is 4.38. The number of nitrogens with two attached hydrogens (primary N) is 1. The molecule has 0 aromatic heterocycles. The fourth-order valence-electron chi connectivity index (χ4n) is 2.18. The summed E-state index contributed by atoms with van der Waals surface area (Å²) in [5.74, 6) is 0. The third-order valence-corrected chi connectivity index (χ3v) is 3.69. The highest BCUT2D eigenvalue weighted by Gasteiger charge is 2.17. The van der Waals surface area contributed by atoms with E-state index in [1.165, 1.54) is 12.8 Å². The molecule has 1 rings (SSSR count). The van der Waals surface area contributed by atoms with E-state index in [1.54, 1.807) is 0 Å². The summed E-state index contributed by atoms with van der Waals surface area (Å²) < 4.78 is 0. The molecule has 2 N–H and O–H groups in total. The van der Waals surface area contributed by atoms with Crippen LogP contribution in [0.3, 0.4) is 0 Å². The van der Waals surface area contributed by atoms with E-state index in [9.17, 15) is 0 Å². The number of hydrogen-bond acceptors (Lipinski definition) is 2. The maximum atomic E-state index is 6.24. The van der Waals surface area contributed by atoms with Crippen LogP contribution in [0, 0.1) is 0 Å². The van der Waals surface area contributed by atoms with Crippen LogP contribution in [-0.4, -0.2) is 17.6 Å². The van der Waals surface area contributed by atoms with Gasteiger partial charge in [0.2, 0.25) is 0 Å². The average Bonchev–Trinajstić information content (AvgIpc) is 2.33. The summed E-state index contributed by atoms with van der Waals surface area (Å²) in [5, 5.41) is 0.631. The lowest BCUT2D eigenvalue weighted by atomic mass is 10.1. The van der Waals surface area contributed by atoms with E-state index in [0.29, 0.717) is 16.1 Å². The van der Waals surface area contributed by atoms with Crippen LogP contribution < -0.4 is 10.6 Å². The molecule has 0 aliphatic heterocycles. The molecule has 1 aromatic rings. The molecule has 0 aliphatic carbocycles. The van der Waals surface area contributed by atoms with Gasteiger partial charge in [-0.15, -0.1) is 0 Å². The summed E-state index contributed by atoms with van der Waals surface area (Å²) >= 11 is 11.4. The fraction of sp³-hybridized carbons (Fsp3) is 0.533. The first kappa shape index (κ1) is 16.3. The molecule has 2 nitrogen and oxygen atoms in total. The molecule has 0 unspecified atom stereocenters. The largest absolute Gasteiger partial charge is 0.389 e. The normalized spacial score (nSPS) is 10.8. The van der Waals surface area contributed by atoms with Crippen molar-refractivity contribution in [1.29, 1.82) is 0 Å². The first-order valence-electron chi connectivity index (χ1n) is 6.84. The van der Waals surface area contributed by atoms with Crippen molar-refractivity contribution >= 4 is 34.5 Å². The molecule has 0 saturated heterocycles. The Morgan fingerprint density at radius 2 is 2.05 bits per heavy atom. The Morgan fingerprint density at radius 1 is 1.37 bits per heavy atom. The van der Waals surface area contributed by atoms with Gasteiger partial charge in [-0.05, 0) is 32.4 Å². The third kappa shape index (κ3) is 4.36. The molecule has 4 heteroatoms. The molecule has 0 heterocycles. The molecule has 0 radical (unpaired) electrons. The first-order valence-corrected chi connectivity index (χ1v) is 7.62. The zero-order valence-electron chi connectivity index (χ0n) is 11.9. The number of hydrogen-bond donors (Lipinski definition) is 1. The van der Waals surface area contributed by atoms with Crippen LogP contribution >= 0.6 is 23.8 Å². The summed E-state index contributed by atoms with van der Waals surface area (Å²) in [6.07, 6.45) is 3.60. The molecular weight excluding hydrogens is 276 g/mol. The minimum Gasteiger partial charge on any atom is -0.389 e. The minimum absolute atomic E-state index is 0.363.